The number of benzene rings is 1. The number of hydrogen-bond acceptors (Lipinski definition) is 5. The first-order valence-electron chi connectivity index (χ1n) is 12.1. The summed E-state index contributed by atoms with van der Waals surface area (Å²) in [5.41, 5.74) is 6.00. The lowest BCUT2D eigenvalue weighted by molar-refractivity contribution is 0.396. The first-order chi connectivity index (χ1) is 16.8. The van der Waals surface area contributed by atoms with Crippen LogP contribution in [0.15, 0.2) is 49.1 Å². The molecular weight excluding hydrogens is 438 g/mol. The van der Waals surface area contributed by atoms with Gasteiger partial charge in [0, 0.05) is 30.4 Å². The minimum atomic E-state index is 0.0618. The van der Waals surface area contributed by atoms with Gasteiger partial charge in [-0.25, -0.2) is 15.0 Å². The van der Waals surface area contributed by atoms with Crippen LogP contribution in [0.2, 0.25) is 0 Å². The van der Waals surface area contributed by atoms with Gasteiger partial charge in [0.2, 0.25) is 5.88 Å². The van der Waals surface area contributed by atoms with Gasteiger partial charge in [-0.05, 0) is 48.9 Å². The van der Waals surface area contributed by atoms with E-state index in [-0.39, 0.29) is 11.3 Å². The summed E-state index contributed by atoms with van der Waals surface area (Å²) in [6.07, 6.45) is 7.97. The lowest BCUT2D eigenvalue weighted by Crippen LogP contribution is -2.18. The van der Waals surface area contributed by atoms with E-state index >= 15 is 0 Å². The molecule has 7 nitrogen and oxygen atoms in total. The molecule has 1 aliphatic rings. The lowest BCUT2D eigenvalue weighted by atomic mass is 9.82. The molecule has 0 saturated heterocycles. The molecule has 35 heavy (non-hydrogen) atoms. The number of nitrogens with zero attached hydrogens (tertiary/aromatic N) is 5. The van der Waals surface area contributed by atoms with Gasteiger partial charge < -0.3 is 18.6 Å². The molecule has 182 valence electrons. The zero-order valence-electron chi connectivity index (χ0n) is 21.4. The average Bonchev–Trinajstić information content (AvgIpc) is 3.48. The van der Waals surface area contributed by atoms with E-state index in [0.29, 0.717) is 5.88 Å². The summed E-state index contributed by atoms with van der Waals surface area (Å²) in [4.78, 5) is 14.2. The van der Waals surface area contributed by atoms with Gasteiger partial charge in [-0.2, -0.15) is 0 Å². The highest BCUT2D eigenvalue weighted by molar-refractivity contribution is 5.59. The van der Waals surface area contributed by atoms with E-state index in [4.69, 9.17) is 19.4 Å². The molecule has 0 saturated carbocycles. The number of aromatic nitrogens is 5. The van der Waals surface area contributed by atoms with Crippen molar-refractivity contribution in [2.75, 3.05) is 14.2 Å². The highest BCUT2D eigenvalue weighted by Gasteiger charge is 2.29. The summed E-state index contributed by atoms with van der Waals surface area (Å²) in [5.74, 6) is 2.69. The molecule has 1 atom stereocenters. The second-order valence-electron chi connectivity index (χ2n) is 10.2. The highest BCUT2D eigenvalue weighted by atomic mass is 16.5. The van der Waals surface area contributed by atoms with Crippen molar-refractivity contribution < 1.29 is 9.47 Å². The SMILES string of the molecule is COc1ccc(C(C)(C)C)cc1[C@@H]1CCCn2cc(-c3ccc(-n4cnc(C)c4)c(OC)n3)nc21. The maximum absolute atomic E-state index is 5.79. The smallest absolute Gasteiger partial charge is 0.238 e. The van der Waals surface area contributed by atoms with Crippen LogP contribution in [0.1, 0.15) is 62.2 Å². The molecule has 4 heterocycles. The maximum atomic E-state index is 5.79. The topological polar surface area (TPSA) is 67.0 Å². The van der Waals surface area contributed by atoms with Crippen LogP contribution in [0.5, 0.6) is 11.6 Å². The van der Waals surface area contributed by atoms with E-state index in [2.05, 4.69) is 54.7 Å². The number of methoxy groups -OCH3 is 2. The summed E-state index contributed by atoms with van der Waals surface area (Å²) in [7, 11) is 3.39. The molecule has 0 bridgehead atoms. The minimum Gasteiger partial charge on any atom is -0.496 e. The molecule has 0 amide bonds. The van der Waals surface area contributed by atoms with Crippen LogP contribution >= 0.6 is 0 Å². The molecule has 7 heteroatoms. The molecule has 0 aliphatic carbocycles. The van der Waals surface area contributed by atoms with Gasteiger partial charge in [-0.1, -0.05) is 32.9 Å². The van der Waals surface area contributed by atoms with Crippen LogP contribution < -0.4 is 9.47 Å². The summed E-state index contributed by atoms with van der Waals surface area (Å²) in [6.45, 7) is 9.64. The fourth-order valence-corrected chi connectivity index (χ4v) is 4.85. The summed E-state index contributed by atoms with van der Waals surface area (Å²) in [5, 5.41) is 0. The summed E-state index contributed by atoms with van der Waals surface area (Å²) < 4.78 is 15.6. The molecule has 0 N–H and O–H groups in total. The van der Waals surface area contributed by atoms with E-state index in [1.807, 2.05) is 29.8 Å². The Morgan fingerprint density at radius 1 is 0.971 bits per heavy atom. The normalized spacial score (nSPS) is 15.7. The molecule has 3 aromatic heterocycles. The first kappa shape index (κ1) is 23.1. The number of ether oxygens (including phenoxy) is 2. The molecule has 5 rings (SSSR count). The molecule has 1 aromatic carbocycles. The quantitative estimate of drug-likeness (QED) is 0.375. The van der Waals surface area contributed by atoms with Crippen molar-refractivity contribution in [3.05, 3.63) is 71.7 Å². The number of aryl methyl sites for hydroxylation is 2. The molecule has 4 aromatic rings. The van der Waals surface area contributed by atoms with Crippen molar-refractivity contribution in [1.82, 2.24) is 24.1 Å². The van der Waals surface area contributed by atoms with Crippen molar-refractivity contribution in [3.8, 4) is 28.7 Å². The van der Waals surface area contributed by atoms with Crippen molar-refractivity contribution in [2.24, 2.45) is 0 Å². The van der Waals surface area contributed by atoms with Gasteiger partial charge in [0.25, 0.3) is 0 Å². The number of imidazole rings is 2. The lowest BCUT2D eigenvalue weighted by Gasteiger charge is -2.27. The second-order valence-corrected chi connectivity index (χ2v) is 10.2. The van der Waals surface area contributed by atoms with Crippen molar-refractivity contribution >= 4 is 0 Å². The Labute approximate surface area is 206 Å². The standard InChI is InChI=1S/C28H33N5O2/c1-18-15-33(17-29-18)24-11-10-22(31-27(24)35-6)23-16-32-13-7-8-20(26(32)30-23)21-14-19(28(2,3)4)9-12-25(21)34-5/h9-12,14-17,20H,7-8,13H2,1-6H3/t20-/m0/s1. The Hall–Kier alpha value is -3.61. The first-order valence-corrected chi connectivity index (χ1v) is 12.1. The van der Waals surface area contributed by atoms with E-state index in [1.54, 1.807) is 20.5 Å². The third kappa shape index (κ3) is 4.31. The van der Waals surface area contributed by atoms with Crippen LogP contribution in [0.25, 0.3) is 17.1 Å². The van der Waals surface area contributed by atoms with E-state index < -0.39 is 0 Å². The van der Waals surface area contributed by atoms with Crippen LogP contribution in [-0.4, -0.2) is 38.3 Å². The third-order valence-corrected chi connectivity index (χ3v) is 6.77. The Morgan fingerprint density at radius 2 is 1.80 bits per heavy atom. The third-order valence-electron chi connectivity index (χ3n) is 6.77. The highest BCUT2D eigenvalue weighted by Crippen LogP contribution is 2.40. The van der Waals surface area contributed by atoms with Gasteiger partial charge in [0.05, 0.1) is 31.9 Å². The Kier molecular flexibility index (Phi) is 5.87. The van der Waals surface area contributed by atoms with Crippen molar-refractivity contribution in [2.45, 2.75) is 58.4 Å². The molecule has 0 radical (unpaired) electrons. The summed E-state index contributed by atoms with van der Waals surface area (Å²) >= 11 is 0. The number of rotatable bonds is 5. The van der Waals surface area contributed by atoms with Crippen molar-refractivity contribution in [1.29, 1.82) is 0 Å². The van der Waals surface area contributed by atoms with Gasteiger partial charge in [-0.15, -0.1) is 0 Å². The van der Waals surface area contributed by atoms with Crippen LogP contribution in [-0.2, 0) is 12.0 Å². The van der Waals surface area contributed by atoms with Crippen LogP contribution in [0.3, 0.4) is 0 Å². The minimum absolute atomic E-state index is 0.0618. The van der Waals surface area contributed by atoms with Gasteiger partial charge in [0.15, 0.2) is 0 Å². The predicted octanol–water partition coefficient (Wildman–Crippen LogP) is 5.68. The molecule has 0 spiro atoms. The fourth-order valence-electron chi connectivity index (χ4n) is 4.85. The Bertz CT molecular complexity index is 1360. The zero-order chi connectivity index (χ0) is 24.7. The van der Waals surface area contributed by atoms with Gasteiger partial charge >= 0.3 is 0 Å². The van der Waals surface area contributed by atoms with Crippen LogP contribution in [0, 0.1) is 6.92 Å². The molecular formula is C28H33N5O2. The van der Waals surface area contributed by atoms with Gasteiger partial charge in [0.1, 0.15) is 23.0 Å². The van der Waals surface area contributed by atoms with Crippen molar-refractivity contribution in [3.63, 3.8) is 0 Å². The van der Waals surface area contributed by atoms with E-state index in [0.717, 1.165) is 53.7 Å². The second kappa shape index (κ2) is 8.87. The average molecular weight is 472 g/mol. The monoisotopic (exact) mass is 471 g/mol. The largest absolute Gasteiger partial charge is 0.496 e. The fraction of sp³-hybridized carbons (Fsp3) is 0.393. The van der Waals surface area contributed by atoms with E-state index in [9.17, 15) is 0 Å². The number of pyridine rings is 1. The summed E-state index contributed by atoms with van der Waals surface area (Å²) in [6, 6.07) is 10.6. The maximum Gasteiger partial charge on any atom is 0.238 e. The molecule has 0 fully saturated rings. The molecule has 0 unspecified atom stereocenters. The number of hydrogen-bond donors (Lipinski definition) is 0. The number of fused-ring (bicyclic) bond motifs is 1. The Morgan fingerprint density at radius 3 is 2.49 bits per heavy atom. The van der Waals surface area contributed by atoms with Crippen LogP contribution in [0.4, 0.5) is 0 Å². The Balaban J connectivity index is 1.55. The predicted molar refractivity (Wildman–Crippen MR) is 137 cm³/mol. The van der Waals surface area contributed by atoms with E-state index in [1.165, 1.54) is 11.1 Å². The van der Waals surface area contributed by atoms with Gasteiger partial charge in [-0.3, -0.25) is 0 Å². The zero-order valence-corrected chi connectivity index (χ0v) is 21.4. The molecule has 1 aliphatic heterocycles.